The lowest BCUT2D eigenvalue weighted by molar-refractivity contribution is -0.113. The molecule has 3 nitrogen and oxygen atoms in total. The lowest BCUT2D eigenvalue weighted by Crippen LogP contribution is -2.24. The third-order valence-corrected chi connectivity index (χ3v) is 4.58. The molecule has 3 aromatic carbocycles. The van der Waals surface area contributed by atoms with Gasteiger partial charge in [-0.15, -0.1) is 0 Å². The highest BCUT2D eigenvalue weighted by atomic mass is 35.5. The van der Waals surface area contributed by atoms with Gasteiger partial charge in [-0.25, -0.2) is 0 Å². The van der Waals surface area contributed by atoms with Gasteiger partial charge in [0.15, 0.2) is 0 Å². The van der Waals surface area contributed by atoms with Crippen LogP contribution >= 0.6 is 11.6 Å². The fraction of sp³-hybridized carbons (Fsp3) is 0. The molecule has 4 rings (SSSR count). The summed E-state index contributed by atoms with van der Waals surface area (Å²) in [4.78, 5) is 14.8. The summed E-state index contributed by atoms with van der Waals surface area (Å²) in [5, 5.41) is 10.5. The van der Waals surface area contributed by atoms with Crippen LogP contribution in [0.5, 0.6) is 5.75 Å². The summed E-state index contributed by atoms with van der Waals surface area (Å²) in [6, 6.07) is 23.7. The van der Waals surface area contributed by atoms with E-state index in [4.69, 9.17) is 11.6 Å². The molecule has 0 spiro atoms. The molecule has 0 radical (unpaired) electrons. The summed E-state index contributed by atoms with van der Waals surface area (Å²) in [6.45, 7) is 0. The van der Waals surface area contributed by atoms with E-state index in [-0.39, 0.29) is 11.7 Å². The zero-order valence-corrected chi connectivity index (χ0v) is 15.1. The summed E-state index contributed by atoms with van der Waals surface area (Å²) >= 11 is 5.95. The van der Waals surface area contributed by atoms with E-state index >= 15 is 0 Å². The number of anilines is 1. The highest BCUT2D eigenvalue weighted by Crippen LogP contribution is 2.36. The number of carbonyl (C=O) groups excluding carboxylic acids is 1. The molecule has 0 atom stereocenters. The largest absolute Gasteiger partial charge is 0.508 e. The first-order valence-corrected chi connectivity index (χ1v) is 8.87. The van der Waals surface area contributed by atoms with E-state index in [9.17, 15) is 9.90 Å². The van der Waals surface area contributed by atoms with Crippen molar-refractivity contribution in [2.24, 2.45) is 0 Å². The smallest absolute Gasteiger partial charge is 0.262 e. The van der Waals surface area contributed by atoms with Gasteiger partial charge in [0, 0.05) is 16.7 Å². The Morgan fingerprint density at radius 3 is 2.33 bits per heavy atom. The summed E-state index contributed by atoms with van der Waals surface area (Å²) in [5.74, 6) is -0.0303. The van der Waals surface area contributed by atoms with Crippen molar-refractivity contribution in [3.05, 3.63) is 107 Å². The molecule has 1 amide bonds. The van der Waals surface area contributed by atoms with E-state index in [0.717, 1.165) is 16.8 Å². The second-order valence-corrected chi connectivity index (χ2v) is 6.64. The van der Waals surface area contributed by atoms with Gasteiger partial charge < -0.3 is 5.11 Å². The van der Waals surface area contributed by atoms with Crippen LogP contribution in [-0.2, 0) is 4.79 Å². The molecule has 0 saturated carbocycles. The summed E-state index contributed by atoms with van der Waals surface area (Å²) in [5.41, 5.74) is 3.78. The van der Waals surface area contributed by atoms with Gasteiger partial charge in [0.2, 0.25) is 0 Å². The first kappa shape index (κ1) is 17.1. The molecular formula is C23H16ClNO2. The van der Waals surface area contributed by atoms with Crippen molar-refractivity contribution in [1.29, 1.82) is 0 Å². The Morgan fingerprint density at radius 2 is 1.63 bits per heavy atom. The van der Waals surface area contributed by atoms with Gasteiger partial charge in [-0.2, -0.15) is 0 Å². The van der Waals surface area contributed by atoms with Crippen LogP contribution in [0.4, 0.5) is 5.69 Å². The average Bonchev–Trinajstić information content (AvgIpc) is 3.01. The van der Waals surface area contributed by atoms with E-state index < -0.39 is 0 Å². The Bertz CT molecular complexity index is 1050. The van der Waals surface area contributed by atoms with Crippen molar-refractivity contribution in [2.75, 3.05) is 4.90 Å². The van der Waals surface area contributed by atoms with Crippen LogP contribution in [0.2, 0.25) is 5.02 Å². The van der Waals surface area contributed by atoms with E-state index in [1.807, 2.05) is 54.6 Å². The second-order valence-electron chi connectivity index (χ2n) is 6.21. The first-order chi connectivity index (χ1) is 13.1. The van der Waals surface area contributed by atoms with Crippen molar-refractivity contribution in [3.63, 3.8) is 0 Å². The van der Waals surface area contributed by atoms with Gasteiger partial charge in [-0.05, 0) is 47.5 Å². The predicted octanol–water partition coefficient (Wildman–Crippen LogP) is 5.52. The lowest BCUT2D eigenvalue weighted by Gasteiger charge is -2.21. The van der Waals surface area contributed by atoms with E-state index in [2.05, 4.69) is 0 Å². The molecule has 0 saturated heterocycles. The predicted molar refractivity (Wildman–Crippen MR) is 109 cm³/mol. The second kappa shape index (κ2) is 7.14. The monoisotopic (exact) mass is 373 g/mol. The van der Waals surface area contributed by atoms with Crippen LogP contribution in [0.15, 0.2) is 90.5 Å². The number of aromatic hydroxyl groups is 1. The van der Waals surface area contributed by atoms with Crippen molar-refractivity contribution >= 4 is 35.0 Å². The number of hydrogen-bond acceptors (Lipinski definition) is 2. The van der Waals surface area contributed by atoms with Crippen LogP contribution in [0.25, 0.3) is 11.8 Å². The molecule has 1 aliphatic heterocycles. The van der Waals surface area contributed by atoms with Crippen LogP contribution in [0, 0.1) is 0 Å². The minimum absolute atomic E-state index is 0.114. The fourth-order valence-corrected chi connectivity index (χ4v) is 3.19. The molecule has 0 unspecified atom stereocenters. The summed E-state index contributed by atoms with van der Waals surface area (Å²) in [7, 11) is 0. The van der Waals surface area contributed by atoms with Gasteiger partial charge >= 0.3 is 0 Å². The molecule has 132 valence electrons. The minimum atomic E-state index is -0.144. The molecule has 27 heavy (non-hydrogen) atoms. The molecule has 0 aromatic heterocycles. The zero-order chi connectivity index (χ0) is 18.8. The molecule has 0 bridgehead atoms. The SMILES string of the molecule is O=C1/C(=C/c2ccc(Cl)cc2)C=C(c2ccccc2)N1c1cccc(O)c1. The van der Waals surface area contributed by atoms with Crippen molar-refractivity contribution < 1.29 is 9.90 Å². The maximum Gasteiger partial charge on any atom is 0.262 e. The Kier molecular flexibility index (Phi) is 4.53. The molecule has 0 aliphatic carbocycles. The number of carbonyl (C=O) groups is 1. The molecule has 3 aromatic rings. The van der Waals surface area contributed by atoms with E-state index in [1.165, 1.54) is 0 Å². The third kappa shape index (κ3) is 3.50. The maximum absolute atomic E-state index is 13.2. The Labute approximate surface area is 162 Å². The minimum Gasteiger partial charge on any atom is -0.508 e. The fourth-order valence-electron chi connectivity index (χ4n) is 3.06. The highest BCUT2D eigenvalue weighted by Gasteiger charge is 2.30. The number of phenols is 1. The van der Waals surface area contributed by atoms with Crippen LogP contribution < -0.4 is 4.90 Å². The van der Waals surface area contributed by atoms with Crippen LogP contribution in [-0.4, -0.2) is 11.0 Å². The number of amides is 1. The van der Waals surface area contributed by atoms with E-state index in [0.29, 0.717) is 16.3 Å². The Balaban J connectivity index is 1.82. The van der Waals surface area contributed by atoms with Gasteiger partial charge in [-0.3, -0.25) is 9.69 Å². The maximum atomic E-state index is 13.2. The van der Waals surface area contributed by atoms with Gasteiger partial charge in [-0.1, -0.05) is 60.1 Å². The zero-order valence-electron chi connectivity index (χ0n) is 14.3. The Hall–Kier alpha value is -3.30. The Morgan fingerprint density at radius 1 is 0.889 bits per heavy atom. The lowest BCUT2D eigenvalue weighted by atomic mass is 10.1. The standard InChI is InChI=1S/C23H16ClNO2/c24-19-11-9-16(10-12-19)13-18-14-22(17-5-2-1-3-6-17)25(23(18)27)20-7-4-8-21(26)15-20/h1-15,26H/b18-13+. The number of benzene rings is 3. The van der Waals surface area contributed by atoms with Crippen LogP contribution in [0.3, 0.4) is 0 Å². The highest BCUT2D eigenvalue weighted by molar-refractivity contribution is 6.30. The van der Waals surface area contributed by atoms with Crippen molar-refractivity contribution in [3.8, 4) is 5.75 Å². The molecule has 1 N–H and O–H groups in total. The first-order valence-electron chi connectivity index (χ1n) is 8.50. The third-order valence-electron chi connectivity index (χ3n) is 4.33. The number of rotatable bonds is 3. The number of halogens is 1. The molecular weight excluding hydrogens is 358 g/mol. The quantitative estimate of drug-likeness (QED) is 0.614. The van der Waals surface area contributed by atoms with Crippen LogP contribution in [0.1, 0.15) is 11.1 Å². The van der Waals surface area contributed by atoms with Gasteiger partial charge in [0.05, 0.1) is 11.4 Å². The summed E-state index contributed by atoms with van der Waals surface area (Å²) < 4.78 is 0. The number of hydrogen-bond donors (Lipinski definition) is 1. The molecule has 1 aliphatic rings. The number of nitrogens with zero attached hydrogens (tertiary/aromatic N) is 1. The van der Waals surface area contributed by atoms with Crippen molar-refractivity contribution in [2.45, 2.75) is 0 Å². The van der Waals surface area contributed by atoms with E-state index in [1.54, 1.807) is 41.3 Å². The van der Waals surface area contributed by atoms with Crippen molar-refractivity contribution in [1.82, 2.24) is 0 Å². The van der Waals surface area contributed by atoms with Gasteiger partial charge in [0.1, 0.15) is 5.75 Å². The molecule has 0 fully saturated rings. The van der Waals surface area contributed by atoms with Gasteiger partial charge in [0.25, 0.3) is 5.91 Å². The average molecular weight is 374 g/mol. The topological polar surface area (TPSA) is 40.5 Å². The summed E-state index contributed by atoms with van der Waals surface area (Å²) in [6.07, 6.45) is 3.71. The molecule has 1 heterocycles. The number of phenolic OH excluding ortho intramolecular Hbond substituents is 1. The molecule has 4 heteroatoms. The normalized spacial score (nSPS) is 15.3.